The SMILES string of the molecule is CCOC(=O)c1cc(C)n(/N=C/c2cc(C)cc(C)c2O)c1C. The number of benzene rings is 1. The minimum absolute atomic E-state index is 0.215. The summed E-state index contributed by atoms with van der Waals surface area (Å²) in [5.41, 5.74) is 4.54. The zero-order valence-electron chi connectivity index (χ0n) is 14.2. The molecule has 0 atom stereocenters. The summed E-state index contributed by atoms with van der Waals surface area (Å²) in [6.07, 6.45) is 1.60. The van der Waals surface area contributed by atoms with E-state index in [1.807, 2.05) is 39.8 Å². The Kier molecular flexibility index (Phi) is 4.89. The van der Waals surface area contributed by atoms with Crippen molar-refractivity contribution in [2.45, 2.75) is 34.6 Å². The molecule has 0 spiro atoms. The van der Waals surface area contributed by atoms with Crippen LogP contribution in [0.1, 0.15) is 45.4 Å². The molecule has 2 aromatic rings. The van der Waals surface area contributed by atoms with Gasteiger partial charge in [-0.05, 0) is 57.9 Å². The third-order valence-corrected chi connectivity index (χ3v) is 3.68. The van der Waals surface area contributed by atoms with Crippen LogP contribution in [0, 0.1) is 27.7 Å². The first-order valence-electron chi connectivity index (χ1n) is 7.55. The van der Waals surface area contributed by atoms with E-state index in [2.05, 4.69) is 5.10 Å². The number of carbonyl (C=O) groups excluding carboxylic acids is 1. The van der Waals surface area contributed by atoms with E-state index in [0.29, 0.717) is 23.4 Å². The summed E-state index contributed by atoms with van der Waals surface area (Å²) in [6.45, 7) is 9.62. The molecule has 0 aliphatic carbocycles. The van der Waals surface area contributed by atoms with Gasteiger partial charge in [-0.1, -0.05) is 6.07 Å². The minimum atomic E-state index is -0.351. The Balaban J connectivity index is 2.39. The molecule has 1 N–H and O–H groups in total. The van der Waals surface area contributed by atoms with Gasteiger partial charge in [-0.2, -0.15) is 5.10 Å². The van der Waals surface area contributed by atoms with Gasteiger partial charge in [0, 0.05) is 11.3 Å². The predicted octanol–water partition coefficient (Wildman–Crippen LogP) is 3.49. The first-order valence-corrected chi connectivity index (χ1v) is 7.55. The van der Waals surface area contributed by atoms with Crippen LogP contribution in [-0.2, 0) is 4.74 Å². The topological polar surface area (TPSA) is 63.8 Å². The zero-order valence-corrected chi connectivity index (χ0v) is 14.2. The molecule has 0 radical (unpaired) electrons. The average Bonchev–Trinajstić information content (AvgIpc) is 2.77. The van der Waals surface area contributed by atoms with E-state index in [0.717, 1.165) is 16.8 Å². The molecule has 0 aliphatic rings. The molecule has 0 saturated heterocycles. The molecular formula is C18H22N2O3. The lowest BCUT2D eigenvalue weighted by Crippen LogP contribution is -2.06. The minimum Gasteiger partial charge on any atom is -0.507 e. The summed E-state index contributed by atoms with van der Waals surface area (Å²) in [7, 11) is 0. The van der Waals surface area contributed by atoms with Crippen molar-refractivity contribution in [2.24, 2.45) is 5.10 Å². The van der Waals surface area contributed by atoms with Crippen LogP contribution in [0.15, 0.2) is 23.3 Å². The fraction of sp³-hybridized carbons (Fsp3) is 0.333. The number of ether oxygens (including phenoxy) is 1. The lowest BCUT2D eigenvalue weighted by Gasteiger charge is -2.06. The fourth-order valence-corrected chi connectivity index (χ4v) is 2.56. The number of carbonyl (C=O) groups is 1. The van der Waals surface area contributed by atoms with Crippen molar-refractivity contribution < 1.29 is 14.6 Å². The molecule has 0 unspecified atom stereocenters. The number of hydrogen-bond acceptors (Lipinski definition) is 4. The van der Waals surface area contributed by atoms with E-state index in [4.69, 9.17) is 4.74 Å². The number of nitrogens with zero attached hydrogens (tertiary/aromatic N) is 2. The molecule has 23 heavy (non-hydrogen) atoms. The van der Waals surface area contributed by atoms with Crippen LogP contribution in [0.2, 0.25) is 0 Å². The quantitative estimate of drug-likeness (QED) is 0.694. The lowest BCUT2D eigenvalue weighted by molar-refractivity contribution is 0.0525. The van der Waals surface area contributed by atoms with Gasteiger partial charge in [0.15, 0.2) is 0 Å². The molecule has 5 nitrogen and oxygen atoms in total. The second kappa shape index (κ2) is 6.69. The van der Waals surface area contributed by atoms with E-state index in [-0.39, 0.29) is 11.7 Å². The van der Waals surface area contributed by atoms with Crippen LogP contribution >= 0.6 is 0 Å². The fourth-order valence-electron chi connectivity index (χ4n) is 2.56. The third kappa shape index (κ3) is 3.44. The maximum absolute atomic E-state index is 11.9. The van der Waals surface area contributed by atoms with E-state index in [1.165, 1.54) is 0 Å². The number of aryl methyl sites for hydroxylation is 3. The van der Waals surface area contributed by atoms with Gasteiger partial charge in [0.1, 0.15) is 5.75 Å². The van der Waals surface area contributed by atoms with E-state index in [1.54, 1.807) is 23.9 Å². The first-order chi connectivity index (χ1) is 10.8. The van der Waals surface area contributed by atoms with Crippen LogP contribution in [0.5, 0.6) is 5.75 Å². The lowest BCUT2D eigenvalue weighted by atomic mass is 10.1. The van der Waals surface area contributed by atoms with Gasteiger partial charge in [-0.25, -0.2) is 9.47 Å². The highest BCUT2D eigenvalue weighted by molar-refractivity contribution is 5.91. The van der Waals surface area contributed by atoms with Gasteiger partial charge >= 0.3 is 5.97 Å². The van der Waals surface area contributed by atoms with Crippen molar-refractivity contribution in [3.05, 3.63) is 51.8 Å². The van der Waals surface area contributed by atoms with Crippen molar-refractivity contribution in [3.8, 4) is 5.75 Å². The zero-order chi connectivity index (χ0) is 17.1. The Hall–Kier alpha value is -2.56. The number of phenols is 1. The van der Waals surface area contributed by atoms with Gasteiger partial charge in [-0.3, -0.25) is 0 Å². The third-order valence-electron chi connectivity index (χ3n) is 3.68. The number of aromatic hydroxyl groups is 1. The van der Waals surface area contributed by atoms with Gasteiger partial charge in [0.25, 0.3) is 0 Å². The highest BCUT2D eigenvalue weighted by Crippen LogP contribution is 2.22. The van der Waals surface area contributed by atoms with Crippen LogP contribution in [0.3, 0.4) is 0 Å². The normalized spacial score (nSPS) is 11.2. The standard InChI is InChI=1S/C18H22N2O3/c1-6-23-18(22)16-9-13(4)20(14(16)5)19-10-15-8-11(2)7-12(3)17(15)21/h7-10,21H,6H2,1-5H3/b19-10+. The average molecular weight is 314 g/mol. The Morgan fingerprint density at radius 3 is 2.61 bits per heavy atom. The molecule has 1 heterocycles. The van der Waals surface area contributed by atoms with E-state index < -0.39 is 0 Å². The molecule has 1 aromatic carbocycles. The first kappa shape index (κ1) is 16.8. The summed E-state index contributed by atoms with van der Waals surface area (Å²) >= 11 is 0. The monoisotopic (exact) mass is 314 g/mol. The Labute approximate surface area is 136 Å². The molecule has 0 amide bonds. The number of rotatable bonds is 4. The highest BCUT2D eigenvalue weighted by atomic mass is 16.5. The molecule has 0 bridgehead atoms. The molecule has 0 aliphatic heterocycles. The second-order valence-corrected chi connectivity index (χ2v) is 5.58. The maximum atomic E-state index is 11.9. The van der Waals surface area contributed by atoms with Gasteiger partial charge in [-0.15, -0.1) is 0 Å². The van der Waals surface area contributed by atoms with Crippen molar-refractivity contribution in [3.63, 3.8) is 0 Å². The molecule has 2 rings (SSSR count). The number of esters is 1. The number of hydrogen-bond donors (Lipinski definition) is 1. The Morgan fingerprint density at radius 1 is 1.26 bits per heavy atom. The molecule has 1 aromatic heterocycles. The van der Waals surface area contributed by atoms with Crippen LogP contribution in [0.25, 0.3) is 0 Å². The predicted molar refractivity (Wildman–Crippen MR) is 90.4 cm³/mol. The Morgan fingerprint density at radius 2 is 1.96 bits per heavy atom. The van der Waals surface area contributed by atoms with Gasteiger partial charge in [0.05, 0.1) is 24.1 Å². The number of phenolic OH excluding ortho intramolecular Hbond substituents is 1. The molecule has 0 saturated carbocycles. The molecule has 0 fully saturated rings. The van der Waals surface area contributed by atoms with E-state index >= 15 is 0 Å². The number of aromatic nitrogens is 1. The van der Waals surface area contributed by atoms with Gasteiger partial charge in [0.2, 0.25) is 0 Å². The largest absolute Gasteiger partial charge is 0.507 e. The summed E-state index contributed by atoms with van der Waals surface area (Å²) in [6, 6.07) is 5.54. The molecule has 5 heteroatoms. The van der Waals surface area contributed by atoms with Crippen LogP contribution < -0.4 is 0 Å². The summed E-state index contributed by atoms with van der Waals surface area (Å²) < 4.78 is 6.72. The smallest absolute Gasteiger partial charge is 0.340 e. The molecule has 122 valence electrons. The van der Waals surface area contributed by atoms with Crippen molar-refractivity contribution >= 4 is 12.2 Å². The summed E-state index contributed by atoms with van der Waals surface area (Å²) in [5, 5.41) is 14.5. The van der Waals surface area contributed by atoms with Crippen LogP contribution in [-0.4, -0.2) is 28.6 Å². The van der Waals surface area contributed by atoms with Gasteiger partial charge < -0.3 is 9.84 Å². The van der Waals surface area contributed by atoms with Crippen LogP contribution in [0.4, 0.5) is 0 Å². The van der Waals surface area contributed by atoms with Crippen molar-refractivity contribution in [2.75, 3.05) is 6.61 Å². The van der Waals surface area contributed by atoms with Crippen molar-refractivity contribution in [1.29, 1.82) is 0 Å². The molecular weight excluding hydrogens is 292 g/mol. The maximum Gasteiger partial charge on any atom is 0.340 e. The second-order valence-electron chi connectivity index (χ2n) is 5.58. The highest BCUT2D eigenvalue weighted by Gasteiger charge is 2.16. The summed E-state index contributed by atoms with van der Waals surface area (Å²) in [4.78, 5) is 11.9. The van der Waals surface area contributed by atoms with E-state index in [9.17, 15) is 9.90 Å². The van der Waals surface area contributed by atoms with Crippen molar-refractivity contribution in [1.82, 2.24) is 4.68 Å². The Bertz CT molecular complexity index is 773. The summed E-state index contributed by atoms with van der Waals surface area (Å²) in [5.74, 6) is -0.135.